The van der Waals surface area contributed by atoms with E-state index in [0.29, 0.717) is 23.6 Å². The van der Waals surface area contributed by atoms with E-state index < -0.39 is 5.91 Å². The van der Waals surface area contributed by atoms with E-state index in [9.17, 15) is 4.79 Å². The predicted octanol–water partition coefficient (Wildman–Crippen LogP) is 0.948. The number of fused-ring (bicyclic) bond motifs is 1. The Morgan fingerprint density at radius 2 is 2.33 bits per heavy atom. The number of hydrogen-bond acceptors (Lipinski definition) is 5. The number of ether oxygens (including phenoxy) is 1. The van der Waals surface area contributed by atoms with Crippen LogP contribution in [0.15, 0.2) is 28.7 Å². The molecule has 0 unspecified atom stereocenters. The lowest BCUT2D eigenvalue weighted by atomic mass is 10.2. The zero-order valence-corrected chi connectivity index (χ0v) is 9.93. The van der Waals surface area contributed by atoms with Crippen molar-refractivity contribution < 1.29 is 18.8 Å². The van der Waals surface area contributed by atoms with E-state index in [4.69, 9.17) is 19.7 Å². The first kappa shape index (κ1) is 12.4. The topological polar surface area (TPSA) is 86.7 Å². The van der Waals surface area contributed by atoms with Gasteiger partial charge in [0.1, 0.15) is 12.4 Å². The molecule has 1 amide bonds. The number of methoxy groups -OCH3 is 1. The molecule has 0 bridgehead atoms. The van der Waals surface area contributed by atoms with Crippen LogP contribution in [0.2, 0.25) is 0 Å². The second kappa shape index (κ2) is 5.52. The molecule has 0 radical (unpaired) electrons. The summed E-state index contributed by atoms with van der Waals surface area (Å²) >= 11 is 0. The Morgan fingerprint density at radius 3 is 3.06 bits per heavy atom. The Bertz CT molecular complexity index is 550. The highest BCUT2D eigenvalue weighted by Gasteiger charge is 2.08. The Kier molecular flexibility index (Phi) is 3.81. The fourth-order valence-electron chi connectivity index (χ4n) is 1.58. The van der Waals surface area contributed by atoms with Gasteiger partial charge in [-0.1, -0.05) is 12.1 Å². The first-order valence-electron chi connectivity index (χ1n) is 5.39. The van der Waals surface area contributed by atoms with Gasteiger partial charge < -0.3 is 14.9 Å². The maximum Gasteiger partial charge on any atom is 0.245 e. The van der Waals surface area contributed by atoms with Gasteiger partial charge in [0.25, 0.3) is 0 Å². The van der Waals surface area contributed by atoms with Gasteiger partial charge >= 0.3 is 0 Å². The number of hydrogen-bond donors (Lipinski definition) is 2. The van der Waals surface area contributed by atoms with E-state index >= 15 is 0 Å². The second-order valence-electron chi connectivity index (χ2n) is 3.67. The molecule has 3 N–H and O–H groups in total. The van der Waals surface area contributed by atoms with Gasteiger partial charge in [-0.05, 0) is 12.1 Å². The van der Waals surface area contributed by atoms with Crippen LogP contribution in [0.1, 0.15) is 5.76 Å². The highest BCUT2D eigenvalue weighted by Crippen LogP contribution is 2.28. The number of para-hydroxylation sites is 1. The maximum absolute atomic E-state index is 10.5. The van der Waals surface area contributed by atoms with Crippen molar-refractivity contribution in [3.05, 3.63) is 30.0 Å². The molecule has 1 heterocycles. The van der Waals surface area contributed by atoms with Gasteiger partial charge in [0.15, 0.2) is 11.3 Å². The number of carbonyl (C=O) groups is 1. The number of carbonyl (C=O) groups excluding carboxylic acids is 1. The summed E-state index contributed by atoms with van der Waals surface area (Å²) in [6.45, 7) is 0.161. The van der Waals surface area contributed by atoms with Crippen LogP contribution < -0.4 is 16.0 Å². The van der Waals surface area contributed by atoms with Crippen molar-refractivity contribution >= 4 is 16.9 Å². The maximum atomic E-state index is 10.5. The van der Waals surface area contributed by atoms with Crippen LogP contribution in [0.3, 0.4) is 0 Å². The van der Waals surface area contributed by atoms with E-state index in [1.54, 1.807) is 7.11 Å². The van der Waals surface area contributed by atoms with Crippen molar-refractivity contribution in [2.75, 3.05) is 13.7 Å². The van der Waals surface area contributed by atoms with Crippen molar-refractivity contribution in [1.29, 1.82) is 0 Å². The lowest BCUT2D eigenvalue weighted by Gasteiger charge is -2.01. The number of nitrogens with two attached hydrogens (primary N) is 1. The third kappa shape index (κ3) is 2.79. The van der Waals surface area contributed by atoms with Gasteiger partial charge in [0.2, 0.25) is 5.91 Å². The zero-order valence-electron chi connectivity index (χ0n) is 9.93. The zero-order chi connectivity index (χ0) is 13.0. The average molecular weight is 250 g/mol. The summed E-state index contributed by atoms with van der Waals surface area (Å²) in [5, 5.41) is 0.945. The third-order valence-corrected chi connectivity index (χ3v) is 2.34. The number of primary amides is 1. The van der Waals surface area contributed by atoms with E-state index in [2.05, 4.69) is 5.48 Å². The molecule has 0 aliphatic carbocycles. The van der Waals surface area contributed by atoms with Crippen molar-refractivity contribution in [3.8, 4) is 5.75 Å². The fraction of sp³-hybridized carbons (Fsp3) is 0.250. The molecule has 0 fully saturated rings. The summed E-state index contributed by atoms with van der Waals surface area (Å²) in [7, 11) is 1.59. The number of benzene rings is 1. The number of furan rings is 1. The van der Waals surface area contributed by atoms with Crippen LogP contribution in [-0.2, 0) is 16.2 Å². The molecule has 1 aromatic carbocycles. The van der Waals surface area contributed by atoms with Crippen LogP contribution in [0, 0.1) is 0 Å². The first-order valence-corrected chi connectivity index (χ1v) is 5.39. The van der Waals surface area contributed by atoms with Crippen LogP contribution in [0.25, 0.3) is 11.0 Å². The predicted molar refractivity (Wildman–Crippen MR) is 64.8 cm³/mol. The van der Waals surface area contributed by atoms with Crippen molar-refractivity contribution in [2.45, 2.75) is 6.54 Å². The van der Waals surface area contributed by atoms with Crippen molar-refractivity contribution in [3.63, 3.8) is 0 Å². The summed E-state index contributed by atoms with van der Waals surface area (Å²) in [6.07, 6.45) is 0. The highest BCUT2D eigenvalue weighted by atomic mass is 16.6. The Balaban J connectivity index is 2.04. The molecule has 0 spiro atoms. The van der Waals surface area contributed by atoms with E-state index in [-0.39, 0.29) is 6.61 Å². The molecule has 1 aromatic heterocycles. The van der Waals surface area contributed by atoms with Gasteiger partial charge in [-0.15, -0.1) is 0 Å². The van der Waals surface area contributed by atoms with Crippen LogP contribution in [0.5, 0.6) is 5.75 Å². The van der Waals surface area contributed by atoms with Crippen LogP contribution in [-0.4, -0.2) is 19.6 Å². The van der Waals surface area contributed by atoms with Crippen LogP contribution in [0.4, 0.5) is 0 Å². The summed E-state index contributed by atoms with van der Waals surface area (Å²) in [5.41, 5.74) is 8.21. The smallest absolute Gasteiger partial charge is 0.245 e. The molecule has 2 rings (SSSR count). The highest BCUT2D eigenvalue weighted by molar-refractivity contribution is 5.83. The van der Waals surface area contributed by atoms with Crippen molar-refractivity contribution in [2.24, 2.45) is 5.73 Å². The molecule has 2 aromatic rings. The van der Waals surface area contributed by atoms with E-state index in [1.165, 1.54) is 0 Å². The molecule has 0 atom stereocenters. The fourth-order valence-corrected chi connectivity index (χ4v) is 1.58. The lowest BCUT2D eigenvalue weighted by Crippen LogP contribution is -2.24. The lowest BCUT2D eigenvalue weighted by molar-refractivity contribution is -0.125. The molecule has 0 aliphatic rings. The summed E-state index contributed by atoms with van der Waals surface area (Å²) in [5.74, 6) is 0.824. The van der Waals surface area contributed by atoms with Gasteiger partial charge in [-0.25, -0.2) is 0 Å². The van der Waals surface area contributed by atoms with Gasteiger partial charge in [0, 0.05) is 5.39 Å². The minimum absolute atomic E-state index is 0.177. The summed E-state index contributed by atoms with van der Waals surface area (Å²) in [6, 6.07) is 7.51. The van der Waals surface area contributed by atoms with Gasteiger partial charge in [-0.3, -0.25) is 9.63 Å². The number of rotatable bonds is 6. The van der Waals surface area contributed by atoms with Crippen LogP contribution >= 0.6 is 0 Å². The average Bonchev–Trinajstić information content (AvgIpc) is 2.76. The monoisotopic (exact) mass is 250 g/mol. The largest absolute Gasteiger partial charge is 0.493 e. The number of amides is 1. The van der Waals surface area contributed by atoms with Gasteiger partial charge in [0.05, 0.1) is 13.7 Å². The SMILES string of the molecule is COc1cccc2cc(CNOCC(N)=O)oc12. The molecule has 18 heavy (non-hydrogen) atoms. The molecule has 0 aliphatic heterocycles. The summed E-state index contributed by atoms with van der Waals surface area (Å²) < 4.78 is 10.8. The quantitative estimate of drug-likeness (QED) is 0.588. The minimum Gasteiger partial charge on any atom is -0.493 e. The standard InChI is InChI=1S/C12H14N2O4/c1-16-10-4-2-3-8-5-9(18-12(8)10)6-14-17-7-11(13)15/h2-5,14H,6-7H2,1H3,(H2,13,15). The molecular weight excluding hydrogens is 236 g/mol. The molecule has 0 saturated carbocycles. The number of nitrogens with one attached hydrogen (secondary N) is 1. The van der Waals surface area contributed by atoms with Gasteiger partial charge in [-0.2, -0.15) is 5.48 Å². The molecule has 6 heteroatoms. The molecule has 96 valence electrons. The Labute approximate surface area is 104 Å². The van der Waals surface area contributed by atoms with E-state index in [0.717, 1.165) is 5.39 Å². The minimum atomic E-state index is -0.534. The molecular formula is C12H14N2O4. The summed E-state index contributed by atoms with van der Waals surface area (Å²) in [4.78, 5) is 15.3. The second-order valence-corrected chi connectivity index (χ2v) is 3.67. The first-order chi connectivity index (χ1) is 8.70. The van der Waals surface area contributed by atoms with Crippen molar-refractivity contribution in [1.82, 2.24) is 5.48 Å². The Morgan fingerprint density at radius 1 is 1.50 bits per heavy atom. The normalized spacial score (nSPS) is 10.7. The third-order valence-electron chi connectivity index (χ3n) is 2.34. The van der Waals surface area contributed by atoms with E-state index in [1.807, 2.05) is 24.3 Å². The Hall–Kier alpha value is -2.05. The molecule has 0 saturated heterocycles. The molecule has 6 nitrogen and oxygen atoms in total. The number of hydroxylamine groups is 1.